The van der Waals surface area contributed by atoms with Crippen molar-refractivity contribution in [2.45, 2.75) is 77.9 Å². The van der Waals surface area contributed by atoms with Crippen LogP contribution in [0.25, 0.3) is 0 Å². The second-order valence-electron chi connectivity index (χ2n) is 7.93. The molecule has 0 aliphatic carbocycles. The fourth-order valence-electron chi connectivity index (χ4n) is 3.41. The van der Waals surface area contributed by atoms with Crippen LogP contribution in [0.3, 0.4) is 0 Å². The predicted molar refractivity (Wildman–Crippen MR) is 97.1 cm³/mol. The highest BCUT2D eigenvalue weighted by Crippen LogP contribution is 2.23. The number of amides is 2. The highest BCUT2D eigenvalue weighted by Gasteiger charge is 2.44. The monoisotopic (exact) mass is 364 g/mol. The summed E-state index contributed by atoms with van der Waals surface area (Å²) >= 11 is 0. The quantitative estimate of drug-likeness (QED) is 0.751. The smallest absolute Gasteiger partial charge is 0.249 e. The summed E-state index contributed by atoms with van der Waals surface area (Å²) < 4.78 is 11.7. The van der Waals surface area contributed by atoms with Crippen LogP contribution in [0.15, 0.2) is 9.98 Å². The van der Waals surface area contributed by atoms with Crippen LogP contribution >= 0.6 is 0 Å². The van der Waals surface area contributed by atoms with Crippen molar-refractivity contribution < 1.29 is 19.1 Å². The van der Waals surface area contributed by atoms with E-state index in [1.807, 2.05) is 41.5 Å². The van der Waals surface area contributed by atoms with Crippen molar-refractivity contribution in [2.75, 3.05) is 0 Å². The fourth-order valence-corrected chi connectivity index (χ4v) is 3.41. The van der Waals surface area contributed by atoms with E-state index in [1.165, 1.54) is 0 Å². The summed E-state index contributed by atoms with van der Waals surface area (Å²) in [6, 6.07) is -2.12. The number of nitrogens with one attached hydrogen (secondary N) is 2. The van der Waals surface area contributed by atoms with Crippen LogP contribution < -0.4 is 10.6 Å². The van der Waals surface area contributed by atoms with Crippen LogP contribution in [0.5, 0.6) is 0 Å². The molecule has 0 aromatic carbocycles. The molecule has 2 N–H and O–H groups in total. The van der Waals surface area contributed by atoms with E-state index in [4.69, 9.17) is 9.47 Å². The third-order valence-corrected chi connectivity index (χ3v) is 5.03. The molecule has 0 saturated heterocycles. The Kier molecular flexibility index (Phi) is 4.94. The van der Waals surface area contributed by atoms with Crippen molar-refractivity contribution in [3.05, 3.63) is 0 Å². The molecule has 0 spiro atoms. The molecular formula is C18H28N4O4. The van der Waals surface area contributed by atoms with Gasteiger partial charge in [-0.25, -0.2) is 9.98 Å². The zero-order valence-corrected chi connectivity index (χ0v) is 16.1. The van der Waals surface area contributed by atoms with Gasteiger partial charge in [0.1, 0.15) is 24.3 Å². The number of fused-ring (bicyclic) bond motifs is 2. The van der Waals surface area contributed by atoms with Crippen LogP contribution in [-0.2, 0) is 19.1 Å². The van der Waals surface area contributed by atoms with Gasteiger partial charge in [-0.1, -0.05) is 27.7 Å². The van der Waals surface area contributed by atoms with Gasteiger partial charge in [-0.3, -0.25) is 9.59 Å². The van der Waals surface area contributed by atoms with Gasteiger partial charge in [-0.15, -0.1) is 0 Å². The molecule has 2 amide bonds. The normalized spacial score (nSPS) is 37.1. The van der Waals surface area contributed by atoms with Crippen LogP contribution in [-0.4, -0.2) is 60.0 Å². The third-order valence-electron chi connectivity index (χ3n) is 5.03. The summed E-state index contributed by atoms with van der Waals surface area (Å²) in [6.07, 6.45) is -0.786. The van der Waals surface area contributed by atoms with Crippen molar-refractivity contribution in [3.63, 3.8) is 0 Å². The summed E-state index contributed by atoms with van der Waals surface area (Å²) in [5.41, 5.74) is 0. The molecule has 0 unspecified atom stereocenters. The number of rotatable bonds is 2. The molecule has 8 heteroatoms. The first-order chi connectivity index (χ1) is 12.2. The zero-order chi connectivity index (χ0) is 19.2. The summed E-state index contributed by atoms with van der Waals surface area (Å²) in [7, 11) is 0. The molecule has 6 atom stereocenters. The summed E-state index contributed by atoms with van der Waals surface area (Å²) in [5.74, 6) is 0.473. The first-order valence-corrected chi connectivity index (χ1v) is 9.28. The van der Waals surface area contributed by atoms with Gasteiger partial charge in [-0.2, -0.15) is 0 Å². The second kappa shape index (κ2) is 6.89. The molecule has 0 aromatic heterocycles. The lowest BCUT2D eigenvalue weighted by molar-refractivity contribution is -0.125. The van der Waals surface area contributed by atoms with E-state index in [2.05, 4.69) is 20.6 Å². The Labute approximate surface area is 153 Å². The van der Waals surface area contributed by atoms with Crippen molar-refractivity contribution >= 4 is 23.6 Å². The van der Waals surface area contributed by atoms with Gasteiger partial charge < -0.3 is 20.1 Å². The molecule has 0 radical (unpaired) electrons. The minimum atomic E-state index is -0.654. The number of nitrogens with zero attached hydrogens (tertiary/aromatic N) is 2. The molecule has 8 nitrogen and oxygen atoms in total. The van der Waals surface area contributed by atoms with Gasteiger partial charge >= 0.3 is 0 Å². The van der Waals surface area contributed by atoms with Crippen molar-refractivity contribution in [1.82, 2.24) is 10.6 Å². The Balaban J connectivity index is 2.01. The minimum Gasteiger partial charge on any atom is -0.474 e. The maximum Gasteiger partial charge on any atom is 0.249 e. The lowest BCUT2D eigenvalue weighted by Crippen LogP contribution is -2.50. The standard InChI is InChI=1S/C18H28N4O4/c1-7(2)11-17-21-14(9(5)25-17)16(24)20-12(8(3)4)18-22-13(10(6)26-18)15(23)19-11/h7-14H,1-6H3,(H,19,23)(H,20,24)/t9-,10-,11-,12-,13+,14+/m0/s1. The topological polar surface area (TPSA) is 101 Å². The average Bonchev–Trinajstić information content (AvgIpc) is 3.11. The van der Waals surface area contributed by atoms with Gasteiger partial charge in [-0.05, 0) is 25.7 Å². The third kappa shape index (κ3) is 3.29. The van der Waals surface area contributed by atoms with E-state index >= 15 is 0 Å². The second-order valence-corrected chi connectivity index (χ2v) is 7.93. The van der Waals surface area contributed by atoms with Gasteiger partial charge in [0.2, 0.25) is 23.6 Å². The molecule has 3 heterocycles. The van der Waals surface area contributed by atoms with E-state index < -0.39 is 36.4 Å². The van der Waals surface area contributed by atoms with E-state index in [1.54, 1.807) is 0 Å². The maximum absolute atomic E-state index is 12.8. The minimum absolute atomic E-state index is 0.0548. The molecule has 0 aromatic rings. The zero-order valence-electron chi connectivity index (χ0n) is 16.1. The molecular weight excluding hydrogens is 336 g/mol. The van der Waals surface area contributed by atoms with Crippen LogP contribution in [0.1, 0.15) is 41.5 Å². The van der Waals surface area contributed by atoms with E-state index in [0.717, 1.165) is 0 Å². The summed E-state index contributed by atoms with van der Waals surface area (Å²) in [4.78, 5) is 34.6. The first-order valence-electron chi connectivity index (χ1n) is 9.28. The number of ether oxygens (including phenoxy) is 2. The maximum atomic E-state index is 12.8. The predicted octanol–water partition coefficient (Wildman–Crippen LogP) is 0.653. The van der Waals surface area contributed by atoms with Gasteiger partial charge in [0, 0.05) is 0 Å². The Bertz CT molecular complexity index is 602. The van der Waals surface area contributed by atoms with Crippen molar-refractivity contribution in [1.29, 1.82) is 0 Å². The number of carbonyl (C=O) groups is 2. The largest absolute Gasteiger partial charge is 0.474 e. The number of hydrogen-bond acceptors (Lipinski definition) is 6. The highest BCUT2D eigenvalue weighted by atomic mass is 16.5. The lowest BCUT2D eigenvalue weighted by Gasteiger charge is -2.25. The molecule has 0 fully saturated rings. The molecule has 3 aliphatic rings. The van der Waals surface area contributed by atoms with Crippen molar-refractivity contribution in [3.8, 4) is 0 Å². The van der Waals surface area contributed by atoms with Crippen LogP contribution in [0.4, 0.5) is 0 Å². The van der Waals surface area contributed by atoms with Gasteiger partial charge in [0.05, 0.1) is 0 Å². The van der Waals surface area contributed by atoms with E-state index in [9.17, 15) is 9.59 Å². The van der Waals surface area contributed by atoms with Gasteiger partial charge in [0.25, 0.3) is 0 Å². The van der Waals surface area contributed by atoms with Crippen LogP contribution in [0, 0.1) is 11.8 Å². The Hall–Kier alpha value is -2.12. The molecule has 0 saturated carbocycles. The number of hydrogen-bond donors (Lipinski definition) is 2. The number of carbonyl (C=O) groups excluding carboxylic acids is 2. The molecule has 26 heavy (non-hydrogen) atoms. The molecule has 3 aliphatic heterocycles. The highest BCUT2D eigenvalue weighted by molar-refractivity contribution is 5.99. The molecule has 4 bridgehead atoms. The van der Waals surface area contributed by atoms with E-state index in [-0.39, 0.29) is 23.7 Å². The summed E-state index contributed by atoms with van der Waals surface area (Å²) in [5, 5.41) is 5.97. The number of aliphatic imine (C=N–C) groups is 2. The Morgan fingerprint density at radius 1 is 0.769 bits per heavy atom. The Morgan fingerprint density at radius 3 is 1.42 bits per heavy atom. The van der Waals surface area contributed by atoms with Gasteiger partial charge in [0.15, 0.2) is 12.1 Å². The molecule has 3 rings (SSSR count). The fraction of sp³-hybridized carbons (Fsp3) is 0.778. The molecule has 144 valence electrons. The first kappa shape index (κ1) is 18.7. The summed E-state index contributed by atoms with van der Waals surface area (Å²) in [6.45, 7) is 11.5. The Morgan fingerprint density at radius 2 is 1.12 bits per heavy atom. The SMILES string of the molecule is CC(C)[C@@H]1NC(=O)[C@@H]2N=C(O[C@H]2C)[C@H](C(C)C)NC(=O)[C@@H]2N=C1O[C@H]2C. The van der Waals surface area contributed by atoms with Crippen LogP contribution in [0.2, 0.25) is 0 Å². The van der Waals surface area contributed by atoms with E-state index in [0.29, 0.717) is 11.8 Å². The van der Waals surface area contributed by atoms with Crippen molar-refractivity contribution in [2.24, 2.45) is 21.8 Å². The average molecular weight is 364 g/mol. The lowest BCUT2D eigenvalue weighted by atomic mass is 10.0.